The monoisotopic (exact) mass is 332 g/mol. The molecule has 0 spiro atoms. The molecule has 0 aliphatic rings. The smallest absolute Gasteiger partial charge is 0.0842 e. The third-order valence-corrected chi connectivity index (χ3v) is 4.98. The molecule has 0 radical (unpaired) electrons. The van der Waals surface area contributed by atoms with Gasteiger partial charge < -0.3 is 10.4 Å². The lowest BCUT2D eigenvalue weighted by molar-refractivity contribution is 0.102. The van der Waals surface area contributed by atoms with E-state index in [0.29, 0.717) is 0 Å². The van der Waals surface area contributed by atoms with E-state index in [1.165, 1.54) is 16.0 Å². The fourth-order valence-corrected chi connectivity index (χ4v) is 3.53. The molecule has 0 bridgehead atoms. The first kappa shape index (κ1) is 18.1. The summed E-state index contributed by atoms with van der Waals surface area (Å²) in [6, 6.07) is 12.6. The Morgan fingerprint density at radius 3 is 2.52 bits per heavy atom. The maximum Gasteiger partial charge on any atom is 0.0842 e. The molecule has 3 N–H and O–H groups in total. The zero-order chi connectivity index (χ0) is 16.5. The molecule has 0 amide bonds. The molecule has 2 atom stereocenters. The van der Waals surface area contributed by atoms with Crippen molar-refractivity contribution < 1.29 is 5.11 Å². The maximum absolute atomic E-state index is 10.5. The average Bonchev–Trinajstić information content (AvgIpc) is 3.05. The minimum Gasteiger partial charge on any atom is -0.390 e. The standard InChI is InChI=1S/C19H28N2OS/c1-3-15-12-17(23-14-15)13-21-19(20-4-2)18(22)11-10-16-8-6-5-7-9-16/h5-9,12,14,18-22H,3-4,10-11,13H2,1-2H3/t18-,19?/m1/s1. The van der Waals surface area contributed by atoms with Crippen LogP contribution in [0.2, 0.25) is 0 Å². The van der Waals surface area contributed by atoms with E-state index < -0.39 is 6.10 Å². The van der Waals surface area contributed by atoms with Gasteiger partial charge in [-0.15, -0.1) is 11.3 Å². The molecule has 1 unspecified atom stereocenters. The number of thiophene rings is 1. The molecule has 4 heteroatoms. The van der Waals surface area contributed by atoms with E-state index in [2.05, 4.69) is 48.1 Å². The number of aryl methyl sites for hydroxylation is 2. The van der Waals surface area contributed by atoms with Crippen LogP contribution in [-0.4, -0.2) is 23.9 Å². The lowest BCUT2D eigenvalue weighted by Gasteiger charge is -2.25. The maximum atomic E-state index is 10.5. The van der Waals surface area contributed by atoms with E-state index in [4.69, 9.17) is 0 Å². The van der Waals surface area contributed by atoms with E-state index in [9.17, 15) is 5.11 Å². The highest BCUT2D eigenvalue weighted by molar-refractivity contribution is 7.10. The highest BCUT2D eigenvalue weighted by Gasteiger charge is 2.17. The van der Waals surface area contributed by atoms with Gasteiger partial charge >= 0.3 is 0 Å². The molecule has 2 aromatic rings. The van der Waals surface area contributed by atoms with Crippen molar-refractivity contribution in [3.05, 3.63) is 57.8 Å². The summed E-state index contributed by atoms with van der Waals surface area (Å²) in [7, 11) is 0. The summed E-state index contributed by atoms with van der Waals surface area (Å²) in [5.74, 6) is 0. The van der Waals surface area contributed by atoms with Gasteiger partial charge in [0.05, 0.1) is 12.3 Å². The third kappa shape index (κ3) is 6.07. The predicted octanol–water partition coefficient (Wildman–Crippen LogP) is 3.33. The van der Waals surface area contributed by atoms with Crippen molar-refractivity contribution >= 4 is 11.3 Å². The van der Waals surface area contributed by atoms with Crippen LogP contribution in [0.1, 0.15) is 36.3 Å². The van der Waals surface area contributed by atoms with Crippen LogP contribution in [0.15, 0.2) is 41.8 Å². The Hall–Kier alpha value is -1.20. The van der Waals surface area contributed by atoms with E-state index in [0.717, 1.165) is 32.4 Å². The van der Waals surface area contributed by atoms with Gasteiger partial charge in [0.25, 0.3) is 0 Å². The molecule has 0 aliphatic heterocycles. The Bertz CT molecular complexity index is 556. The number of hydrogen-bond acceptors (Lipinski definition) is 4. The predicted molar refractivity (Wildman–Crippen MR) is 98.8 cm³/mol. The quantitative estimate of drug-likeness (QED) is 0.585. The van der Waals surface area contributed by atoms with Crippen molar-refractivity contribution in [1.82, 2.24) is 10.6 Å². The van der Waals surface area contributed by atoms with Gasteiger partial charge in [0.2, 0.25) is 0 Å². The molecule has 0 saturated carbocycles. The minimum absolute atomic E-state index is 0.0733. The summed E-state index contributed by atoms with van der Waals surface area (Å²) in [6.07, 6.45) is 2.24. The number of rotatable bonds is 10. The first-order valence-electron chi connectivity index (χ1n) is 8.48. The van der Waals surface area contributed by atoms with Gasteiger partial charge in [0, 0.05) is 11.4 Å². The highest BCUT2D eigenvalue weighted by atomic mass is 32.1. The van der Waals surface area contributed by atoms with Gasteiger partial charge in [-0.3, -0.25) is 5.32 Å². The lowest BCUT2D eigenvalue weighted by Crippen LogP contribution is -2.50. The normalized spacial score (nSPS) is 13.9. The molecule has 0 fully saturated rings. The number of hydrogen-bond donors (Lipinski definition) is 3. The molecule has 2 rings (SSSR count). The minimum atomic E-state index is -0.402. The molecule has 23 heavy (non-hydrogen) atoms. The first-order valence-corrected chi connectivity index (χ1v) is 9.36. The van der Waals surface area contributed by atoms with Crippen LogP contribution >= 0.6 is 11.3 Å². The van der Waals surface area contributed by atoms with Crippen LogP contribution in [0.5, 0.6) is 0 Å². The van der Waals surface area contributed by atoms with E-state index in [-0.39, 0.29) is 6.17 Å². The molecule has 0 saturated heterocycles. The fraction of sp³-hybridized carbons (Fsp3) is 0.474. The van der Waals surface area contributed by atoms with E-state index in [1.807, 2.05) is 18.2 Å². The summed E-state index contributed by atoms with van der Waals surface area (Å²) in [4.78, 5) is 1.32. The average molecular weight is 333 g/mol. The molecule has 0 aliphatic carbocycles. The molecule has 1 aromatic heterocycles. The first-order chi connectivity index (χ1) is 11.2. The number of aliphatic hydroxyl groups excluding tert-OH is 1. The second-order valence-corrected chi connectivity index (χ2v) is 6.78. The molecule has 1 heterocycles. The van der Waals surface area contributed by atoms with Gasteiger partial charge in [-0.2, -0.15) is 0 Å². The topological polar surface area (TPSA) is 44.3 Å². The van der Waals surface area contributed by atoms with Crippen molar-refractivity contribution in [3.63, 3.8) is 0 Å². The molecule has 3 nitrogen and oxygen atoms in total. The Kier molecular flexibility index (Phi) is 7.76. The van der Waals surface area contributed by atoms with Crippen molar-refractivity contribution in [1.29, 1.82) is 0 Å². The van der Waals surface area contributed by atoms with Crippen LogP contribution in [-0.2, 0) is 19.4 Å². The van der Waals surface area contributed by atoms with Gasteiger partial charge in [-0.1, -0.05) is 44.2 Å². The van der Waals surface area contributed by atoms with Gasteiger partial charge in [0.15, 0.2) is 0 Å². The van der Waals surface area contributed by atoms with Crippen LogP contribution in [0.3, 0.4) is 0 Å². The van der Waals surface area contributed by atoms with Crippen molar-refractivity contribution in [2.45, 2.75) is 51.9 Å². The Balaban J connectivity index is 1.83. The summed E-state index contributed by atoms with van der Waals surface area (Å²) < 4.78 is 0. The Morgan fingerprint density at radius 2 is 1.87 bits per heavy atom. The summed E-state index contributed by atoms with van der Waals surface area (Å²) in [6.45, 7) is 5.88. The zero-order valence-corrected chi connectivity index (χ0v) is 14.9. The fourth-order valence-electron chi connectivity index (χ4n) is 2.60. The van der Waals surface area contributed by atoms with E-state index >= 15 is 0 Å². The van der Waals surface area contributed by atoms with Gasteiger partial charge in [0.1, 0.15) is 0 Å². The van der Waals surface area contributed by atoms with Crippen LogP contribution in [0, 0.1) is 0 Å². The highest BCUT2D eigenvalue weighted by Crippen LogP contribution is 2.15. The van der Waals surface area contributed by atoms with Crippen molar-refractivity contribution in [2.75, 3.05) is 6.54 Å². The summed E-state index contributed by atoms with van der Waals surface area (Å²) in [5, 5.41) is 19.5. The largest absolute Gasteiger partial charge is 0.390 e. The second kappa shape index (κ2) is 9.83. The van der Waals surface area contributed by atoms with Crippen molar-refractivity contribution in [2.24, 2.45) is 0 Å². The Morgan fingerprint density at radius 1 is 1.09 bits per heavy atom. The van der Waals surface area contributed by atoms with Crippen LogP contribution in [0.25, 0.3) is 0 Å². The summed E-state index contributed by atoms with van der Waals surface area (Å²) >= 11 is 1.78. The number of benzene rings is 1. The van der Waals surface area contributed by atoms with Gasteiger partial charge in [-0.05, 0) is 48.4 Å². The Labute approximate surface area is 143 Å². The molecular weight excluding hydrogens is 304 g/mol. The zero-order valence-electron chi connectivity index (χ0n) is 14.1. The van der Waals surface area contributed by atoms with Crippen LogP contribution < -0.4 is 10.6 Å². The third-order valence-electron chi connectivity index (χ3n) is 3.99. The van der Waals surface area contributed by atoms with E-state index in [1.54, 1.807) is 11.3 Å². The molecular formula is C19H28N2OS. The lowest BCUT2D eigenvalue weighted by atomic mass is 10.1. The number of aliphatic hydroxyl groups is 1. The van der Waals surface area contributed by atoms with Crippen molar-refractivity contribution in [3.8, 4) is 0 Å². The molecule has 126 valence electrons. The van der Waals surface area contributed by atoms with Gasteiger partial charge in [-0.25, -0.2) is 0 Å². The molecule has 1 aromatic carbocycles. The van der Waals surface area contributed by atoms with Crippen LogP contribution in [0.4, 0.5) is 0 Å². The SMILES string of the molecule is CCNC(NCc1cc(CC)cs1)[C@H](O)CCc1ccccc1. The number of nitrogens with one attached hydrogen (secondary N) is 2. The number of likely N-dealkylation sites (N-methyl/N-ethyl adjacent to an activating group) is 1. The summed E-state index contributed by atoms with van der Waals surface area (Å²) in [5.41, 5.74) is 2.66. The second-order valence-electron chi connectivity index (χ2n) is 5.78.